The third-order valence-electron chi connectivity index (χ3n) is 6.54. The number of nitrogens with zero attached hydrogens (tertiary/aromatic N) is 1. The molecule has 0 spiro atoms. The average molecular weight is 446 g/mol. The number of nitrogens with two attached hydrogens (primary N) is 1. The lowest BCUT2D eigenvalue weighted by Gasteiger charge is -2.31. The van der Waals surface area contributed by atoms with Gasteiger partial charge in [0, 0.05) is 18.8 Å². The number of hydrogen-bond donors (Lipinski definition) is 2. The Hall–Kier alpha value is -3.38. The first-order chi connectivity index (χ1) is 15.9. The molecule has 0 bridgehead atoms. The van der Waals surface area contributed by atoms with Gasteiger partial charge in [-0.1, -0.05) is 42.5 Å². The number of anilines is 1. The summed E-state index contributed by atoms with van der Waals surface area (Å²) in [6, 6.07) is 19.9. The summed E-state index contributed by atoms with van der Waals surface area (Å²) in [5.41, 5.74) is 8.33. The lowest BCUT2D eigenvalue weighted by atomic mass is 9.96. The topological polar surface area (TPSA) is 84.7 Å². The molecule has 1 aliphatic rings. The van der Waals surface area contributed by atoms with Crippen molar-refractivity contribution < 1.29 is 14.3 Å². The molecule has 4 rings (SSSR count). The number of methoxy groups -OCH3 is 1. The number of carbonyl (C=O) groups excluding carboxylic acids is 2. The number of primary amides is 1. The van der Waals surface area contributed by atoms with Crippen molar-refractivity contribution in [3.05, 3.63) is 71.8 Å². The van der Waals surface area contributed by atoms with Crippen molar-refractivity contribution in [2.24, 2.45) is 11.7 Å². The van der Waals surface area contributed by atoms with E-state index in [1.54, 1.807) is 7.11 Å². The summed E-state index contributed by atoms with van der Waals surface area (Å²) >= 11 is 0. The molecule has 6 heteroatoms. The van der Waals surface area contributed by atoms with Gasteiger partial charge in [-0.05, 0) is 66.4 Å². The van der Waals surface area contributed by atoms with E-state index in [1.165, 1.54) is 0 Å². The number of benzene rings is 3. The molecule has 1 saturated heterocycles. The molecule has 2 atom stereocenters. The van der Waals surface area contributed by atoms with Crippen LogP contribution in [0.4, 0.5) is 5.69 Å². The zero-order chi connectivity index (χ0) is 23.4. The van der Waals surface area contributed by atoms with Gasteiger partial charge >= 0.3 is 0 Å². The number of hydrogen-bond acceptors (Lipinski definition) is 4. The molecule has 172 valence electrons. The number of piperidine rings is 1. The van der Waals surface area contributed by atoms with E-state index in [9.17, 15) is 9.59 Å². The molecule has 0 aliphatic carbocycles. The van der Waals surface area contributed by atoms with Gasteiger partial charge in [-0.2, -0.15) is 0 Å². The molecule has 1 aliphatic heterocycles. The quantitative estimate of drug-likeness (QED) is 0.568. The Kier molecular flexibility index (Phi) is 6.94. The van der Waals surface area contributed by atoms with E-state index in [2.05, 4.69) is 16.3 Å². The summed E-state index contributed by atoms with van der Waals surface area (Å²) in [5, 5.41) is 5.27. The highest BCUT2D eigenvalue weighted by atomic mass is 16.5. The summed E-state index contributed by atoms with van der Waals surface area (Å²) in [6.45, 7) is 4.18. The van der Waals surface area contributed by atoms with Crippen LogP contribution in [0.15, 0.2) is 60.7 Å². The smallest absolute Gasteiger partial charge is 0.231 e. The number of nitrogens with one attached hydrogen (secondary N) is 1. The molecule has 3 aromatic rings. The van der Waals surface area contributed by atoms with E-state index in [0.717, 1.165) is 52.7 Å². The fourth-order valence-electron chi connectivity index (χ4n) is 4.48. The maximum Gasteiger partial charge on any atom is 0.231 e. The van der Waals surface area contributed by atoms with Gasteiger partial charge in [-0.3, -0.25) is 14.5 Å². The van der Waals surface area contributed by atoms with E-state index in [0.29, 0.717) is 13.1 Å². The van der Waals surface area contributed by atoms with Crippen molar-refractivity contribution in [3.8, 4) is 5.75 Å². The predicted molar refractivity (Wildman–Crippen MR) is 131 cm³/mol. The number of rotatable bonds is 7. The minimum Gasteiger partial charge on any atom is -0.497 e. The monoisotopic (exact) mass is 445 g/mol. The van der Waals surface area contributed by atoms with Gasteiger partial charge in [0.1, 0.15) is 5.75 Å². The number of carbonyl (C=O) groups is 2. The molecule has 33 heavy (non-hydrogen) atoms. The van der Waals surface area contributed by atoms with Crippen LogP contribution in [0, 0.1) is 5.92 Å². The second kappa shape index (κ2) is 10.0. The van der Waals surface area contributed by atoms with E-state index < -0.39 is 0 Å². The van der Waals surface area contributed by atoms with E-state index in [-0.39, 0.29) is 23.7 Å². The van der Waals surface area contributed by atoms with E-state index in [1.807, 2.05) is 61.5 Å². The van der Waals surface area contributed by atoms with Crippen LogP contribution in [0.3, 0.4) is 0 Å². The van der Waals surface area contributed by atoms with Crippen LogP contribution in [0.25, 0.3) is 10.8 Å². The summed E-state index contributed by atoms with van der Waals surface area (Å²) in [6.07, 6.45) is 1.80. The van der Waals surface area contributed by atoms with Gasteiger partial charge in [0.15, 0.2) is 0 Å². The fourth-order valence-corrected chi connectivity index (χ4v) is 4.48. The highest BCUT2D eigenvalue weighted by Crippen LogP contribution is 2.27. The fraction of sp³-hybridized carbons (Fsp3) is 0.333. The average Bonchev–Trinajstić information content (AvgIpc) is 2.84. The molecule has 1 unspecified atom stereocenters. The van der Waals surface area contributed by atoms with Crippen LogP contribution in [0.5, 0.6) is 5.75 Å². The van der Waals surface area contributed by atoms with Gasteiger partial charge in [0.05, 0.1) is 18.9 Å². The molecule has 6 nitrogen and oxygen atoms in total. The SMILES string of the molecule is COc1ccc2cc([C@H](C)C(=O)Nc3ccccc3CN3CCCC(C(N)=O)C3)ccc2c1. The molecule has 0 aromatic heterocycles. The molecule has 1 heterocycles. The van der Waals surface area contributed by atoms with Crippen LogP contribution in [0.1, 0.15) is 36.8 Å². The largest absolute Gasteiger partial charge is 0.497 e. The third-order valence-corrected chi connectivity index (χ3v) is 6.54. The molecule has 0 saturated carbocycles. The Labute approximate surface area is 194 Å². The first kappa shape index (κ1) is 22.8. The molecule has 3 aromatic carbocycles. The number of ether oxygens (including phenoxy) is 1. The number of amides is 2. The zero-order valence-electron chi connectivity index (χ0n) is 19.2. The first-order valence-corrected chi connectivity index (χ1v) is 11.4. The molecule has 2 amide bonds. The van der Waals surface area contributed by atoms with Gasteiger partial charge in [-0.25, -0.2) is 0 Å². The van der Waals surface area contributed by atoms with Gasteiger partial charge < -0.3 is 15.8 Å². The van der Waals surface area contributed by atoms with Gasteiger partial charge in [-0.15, -0.1) is 0 Å². The Morgan fingerprint density at radius 2 is 1.88 bits per heavy atom. The maximum atomic E-state index is 13.1. The molecular formula is C27H31N3O3. The van der Waals surface area contributed by atoms with E-state index >= 15 is 0 Å². The third kappa shape index (κ3) is 5.34. The summed E-state index contributed by atoms with van der Waals surface area (Å²) in [4.78, 5) is 27.0. The van der Waals surface area contributed by atoms with Gasteiger partial charge in [0.2, 0.25) is 11.8 Å². The Morgan fingerprint density at radius 3 is 2.67 bits per heavy atom. The van der Waals surface area contributed by atoms with Crippen molar-refractivity contribution in [1.82, 2.24) is 4.90 Å². The van der Waals surface area contributed by atoms with Crippen molar-refractivity contribution in [1.29, 1.82) is 0 Å². The minimum absolute atomic E-state index is 0.0519. The summed E-state index contributed by atoms with van der Waals surface area (Å²) in [5.74, 6) is 0.119. The van der Waals surface area contributed by atoms with Crippen molar-refractivity contribution in [2.75, 3.05) is 25.5 Å². The van der Waals surface area contributed by atoms with Crippen molar-refractivity contribution in [2.45, 2.75) is 32.2 Å². The van der Waals surface area contributed by atoms with Crippen molar-refractivity contribution in [3.63, 3.8) is 0 Å². The van der Waals surface area contributed by atoms with Gasteiger partial charge in [0.25, 0.3) is 0 Å². The van der Waals surface area contributed by atoms with Crippen LogP contribution in [-0.2, 0) is 16.1 Å². The van der Waals surface area contributed by atoms with Crippen LogP contribution in [0.2, 0.25) is 0 Å². The molecule has 1 fully saturated rings. The van der Waals surface area contributed by atoms with Crippen LogP contribution >= 0.6 is 0 Å². The van der Waals surface area contributed by atoms with Crippen LogP contribution in [-0.4, -0.2) is 36.9 Å². The molecule has 0 radical (unpaired) electrons. The second-order valence-corrected chi connectivity index (χ2v) is 8.82. The van der Waals surface area contributed by atoms with Crippen molar-refractivity contribution >= 4 is 28.3 Å². The highest BCUT2D eigenvalue weighted by molar-refractivity contribution is 5.97. The number of para-hydroxylation sites is 1. The summed E-state index contributed by atoms with van der Waals surface area (Å²) < 4.78 is 5.30. The standard InChI is InChI=1S/C27H31N3O3/c1-18(19-9-10-21-15-24(33-2)12-11-20(21)14-19)27(32)29-25-8-4-3-6-22(25)16-30-13-5-7-23(17-30)26(28)31/h3-4,6,8-12,14-15,18,23H,5,7,13,16-17H2,1-2H3,(H2,28,31)(H,29,32)/t18-,23?/m0/s1. The second-order valence-electron chi connectivity index (χ2n) is 8.82. The molecular weight excluding hydrogens is 414 g/mol. The normalized spacial score (nSPS) is 17.5. The Bertz CT molecular complexity index is 1160. The number of fused-ring (bicyclic) bond motifs is 1. The van der Waals surface area contributed by atoms with Crippen LogP contribution < -0.4 is 15.8 Å². The Balaban J connectivity index is 1.47. The first-order valence-electron chi connectivity index (χ1n) is 11.4. The zero-order valence-corrected chi connectivity index (χ0v) is 19.2. The molecule has 3 N–H and O–H groups in total. The lowest BCUT2D eigenvalue weighted by Crippen LogP contribution is -2.40. The lowest BCUT2D eigenvalue weighted by molar-refractivity contribution is -0.123. The predicted octanol–water partition coefficient (Wildman–Crippen LogP) is 4.29. The minimum atomic E-state index is -0.307. The van der Waals surface area contributed by atoms with E-state index in [4.69, 9.17) is 10.5 Å². The maximum absolute atomic E-state index is 13.1. The number of likely N-dealkylation sites (tertiary alicyclic amines) is 1. The summed E-state index contributed by atoms with van der Waals surface area (Å²) in [7, 11) is 1.65. The Morgan fingerprint density at radius 1 is 1.12 bits per heavy atom. The highest BCUT2D eigenvalue weighted by Gasteiger charge is 2.25.